The molecule has 1 unspecified atom stereocenters. The minimum atomic E-state index is -1.94. The monoisotopic (exact) mass is 272 g/mol. The molecule has 0 aliphatic heterocycles. The van der Waals surface area contributed by atoms with Crippen molar-refractivity contribution in [3.63, 3.8) is 0 Å². The summed E-state index contributed by atoms with van der Waals surface area (Å²) in [6.45, 7) is 3.57. The van der Waals surface area contributed by atoms with Gasteiger partial charge in [-0.25, -0.2) is 9.59 Å². The van der Waals surface area contributed by atoms with Crippen molar-refractivity contribution in [1.82, 2.24) is 10.6 Å². The van der Waals surface area contributed by atoms with E-state index < -0.39 is 17.6 Å². The van der Waals surface area contributed by atoms with Crippen molar-refractivity contribution in [3.05, 3.63) is 0 Å². The number of amides is 2. The summed E-state index contributed by atoms with van der Waals surface area (Å²) in [7, 11) is 0. The third-order valence-corrected chi connectivity index (χ3v) is 4.09. The summed E-state index contributed by atoms with van der Waals surface area (Å²) < 4.78 is 0. The summed E-state index contributed by atoms with van der Waals surface area (Å²) in [5, 5.41) is 23.4. The molecule has 0 radical (unpaired) electrons. The maximum Gasteiger partial charge on any atom is 0.337 e. The predicted molar refractivity (Wildman–Crippen MR) is 70.9 cm³/mol. The van der Waals surface area contributed by atoms with Gasteiger partial charge in [0.15, 0.2) is 5.60 Å². The number of nitrogens with one attached hydrogen (secondary N) is 2. The number of carbonyl (C=O) groups is 2. The molecule has 0 aromatic rings. The van der Waals surface area contributed by atoms with Crippen LogP contribution in [0.5, 0.6) is 0 Å². The first-order valence-corrected chi connectivity index (χ1v) is 6.79. The summed E-state index contributed by atoms with van der Waals surface area (Å²) in [5.41, 5.74) is -1.75. The Labute approximate surface area is 113 Å². The van der Waals surface area contributed by atoms with Crippen LogP contribution in [0.1, 0.15) is 46.0 Å². The number of urea groups is 1. The molecule has 6 heteroatoms. The average Bonchev–Trinajstić information content (AvgIpc) is 2.83. The van der Waals surface area contributed by atoms with E-state index in [-0.39, 0.29) is 12.0 Å². The zero-order valence-corrected chi connectivity index (χ0v) is 11.7. The van der Waals surface area contributed by atoms with Gasteiger partial charge in [0.25, 0.3) is 0 Å². The van der Waals surface area contributed by atoms with Crippen LogP contribution in [-0.2, 0) is 4.79 Å². The molecule has 0 aromatic heterocycles. The lowest BCUT2D eigenvalue weighted by Gasteiger charge is -2.28. The quantitative estimate of drug-likeness (QED) is 0.581. The highest BCUT2D eigenvalue weighted by Gasteiger charge is 2.33. The van der Waals surface area contributed by atoms with Crippen molar-refractivity contribution in [3.8, 4) is 0 Å². The van der Waals surface area contributed by atoms with Gasteiger partial charge in [-0.3, -0.25) is 0 Å². The minimum Gasteiger partial charge on any atom is -0.479 e. The number of aliphatic carboxylic acids is 1. The van der Waals surface area contributed by atoms with Crippen LogP contribution in [0.25, 0.3) is 0 Å². The average molecular weight is 272 g/mol. The molecule has 1 aliphatic carbocycles. The molecular formula is C13H24N2O4. The lowest BCUT2D eigenvalue weighted by Crippen LogP contribution is -2.50. The van der Waals surface area contributed by atoms with E-state index >= 15 is 0 Å². The largest absolute Gasteiger partial charge is 0.479 e. The summed E-state index contributed by atoms with van der Waals surface area (Å²) in [6, 6.07) is -0.429. The molecule has 0 heterocycles. The van der Waals surface area contributed by atoms with E-state index in [4.69, 9.17) is 5.11 Å². The first kappa shape index (κ1) is 15.8. The molecule has 2 amide bonds. The summed E-state index contributed by atoms with van der Waals surface area (Å²) in [5.74, 6) is -1.35. The Balaban J connectivity index is 2.34. The molecule has 19 heavy (non-hydrogen) atoms. The normalized spacial score (nSPS) is 20.6. The van der Waals surface area contributed by atoms with E-state index in [9.17, 15) is 14.7 Å². The zero-order chi connectivity index (χ0) is 14.5. The SMILES string of the molecule is CCC1(CNC(=O)NCC(C)(O)C(=O)O)CCCC1. The minimum absolute atomic E-state index is 0.187. The van der Waals surface area contributed by atoms with Crippen LogP contribution in [0.2, 0.25) is 0 Å². The standard InChI is InChI=1S/C13H24N2O4/c1-3-13(6-4-5-7-13)9-15-11(18)14-8-12(2,19)10(16)17/h19H,3-9H2,1-2H3,(H,16,17)(H2,14,15,18). The molecule has 1 fully saturated rings. The Morgan fingerprint density at radius 1 is 1.26 bits per heavy atom. The number of hydrogen-bond donors (Lipinski definition) is 4. The molecule has 1 atom stereocenters. The number of hydrogen-bond acceptors (Lipinski definition) is 3. The van der Waals surface area contributed by atoms with Gasteiger partial charge in [0.2, 0.25) is 0 Å². The molecule has 1 saturated carbocycles. The van der Waals surface area contributed by atoms with Gasteiger partial charge in [-0.2, -0.15) is 0 Å². The molecule has 0 spiro atoms. The molecule has 1 rings (SSSR count). The number of carboxylic acid groups (broad SMARTS) is 1. The highest BCUT2D eigenvalue weighted by molar-refractivity contribution is 5.79. The zero-order valence-electron chi connectivity index (χ0n) is 11.7. The highest BCUT2D eigenvalue weighted by Crippen LogP contribution is 2.40. The van der Waals surface area contributed by atoms with Crippen molar-refractivity contribution in [2.24, 2.45) is 5.41 Å². The molecule has 110 valence electrons. The summed E-state index contributed by atoms with van der Waals surface area (Å²) in [6.07, 6.45) is 5.67. The molecule has 1 aliphatic rings. The van der Waals surface area contributed by atoms with Crippen LogP contribution >= 0.6 is 0 Å². The fourth-order valence-corrected chi connectivity index (χ4v) is 2.44. The van der Waals surface area contributed by atoms with E-state index in [1.54, 1.807) is 0 Å². The van der Waals surface area contributed by atoms with Crippen LogP contribution < -0.4 is 10.6 Å². The molecule has 6 nitrogen and oxygen atoms in total. The van der Waals surface area contributed by atoms with Crippen LogP contribution in [0, 0.1) is 5.41 Å². The summed E-state index contributed by atoms with van der Waals surface area (Å²) >= 11 is 0. The second-order valence-corrected chi connectivity index (χ2v) is 5.68. The highest BCUT2D eigenvalue weighted by atomic mass is 16.4. The number of carboxylic acids is 1. The van der Waals surface area contributed by atoms with Crippen LogP contribution in [0.15, 0.2) is 0 Å². The Morgan fingerprint density at radius 3 is 2.32 bits per heavy atom. The van der Waals surface area contributed by atoms with Gasteiger partial charge in [0.05, 0.1) is 6.54 Å². The fraction of sp³-hybridized carbons (Fsp3) is 0.846. The van der Waals surface area contributed by atoms with Gasteiger partial charge in [0.1, 0.15) is 0 Å². The van der Waals surface area contributed by atoms with E-state index in [0.29, 0.717) is 6.54 Å². The Kier molecular flexibility index (Phi) is 5.17. The van der Waals surface area contributed by atoms with Gasteiger partial charge in [-0.1, -0.05) is 19.8 Å². The maximum atomic E-state index is 11.6. The topological polar surface area (TPSA) is 98.7 Å². The third-order valence-electron chi connectivity index (χ3n) is 4.09. The van der Waals surface area contributed by atoms with Crippen molar-refractivity contribution in [2.75, 3.05) is 13.1 Å². The number of carbonyl (C=O) groups excluding carboxylic acids is 1. The van der Waals surface area contributed by atoms with Gasteiger partial charge in [0, 0.05) is 6.54 Å². The maximum absolute atomic E-state index is 11.6. The Hall–Kier alpha value is -1.30. The number of aliphatic hydroxyl groups is 1. The van der Waals surface area contributed by atoms with Crippen LogP contribution in [0.3, 0.4) is 0 Å². The Bertz CT molecular complexity index is 336. The van der Waals surface area contributed by atoms with Crippen LogP contribution in [0.4, 0.5) is 4.79 Å². The lowest BCUT2D eigenvalue weighted by molar-refractivity contribution is -0.155. The third kappa shape index (κ3) is 4.38. The molecule has 0 bridgehead atoms. The first-order chi connectivity index (χ1) is 8.81. The molecular weight excluding hydrogens is 248 g/mol. The van der Waals surface area contributed by atoms with Crippen LogP contribution in [-0.4, -0.2) is 40.9 Å². The van der Waals surface area contributed by atoms with Crippen molar-refractivity contribution in [1.29, 1.82) is 0 Å². The van der Waals surface area contributed by atoms with Crippen molar-refractivity contribution >= 4 is 12.0 Å². The van der Waals surface area contributed by atoms with Gasteiger partial charge in [-0.15, -0.1) is 0 Å². The van der Waals surface area contributed by atoms with Crippen molar-refractivity contribution < 1.29 is 19.8 Å². The van der Waals surface area contributed by atoms with E-state index in [0.717, 1.165) is 26.2 Å². The Morgan fingerprint density at radius 2 is 1.84 bits per heavy atom. The van der Waals surface area contributed by atoms with E-state index in [1.165, 1.54) is 12.8 Å². The second kappa shape index (κ2) is 6.23. The first-order valence-electron chi connectivity index (χ1n) is 6.79. The second-order valence-electron chi connectivity index (χ2n) is 5.68. The predicted octanol–water partition coefficient (Wildman–Crippen LogP) is 1.09. The molecule has 0 aromatic carbocycles. The smallest absolute Gasteiger partial charge is 0.337 e. The van der Waals surface area contributed by atoms with E-state index in [1.807, 2.05) is 0 Å². The lowest BCUT2D eigenvalue weighted by atomic mass is 9.83. The molecule has 0 saturated heterocycles. The fourth-order valence-electron chi connectivity index (χ4n) is 2.44. The van der Waals surface area contributed by atoms with Gasteiger partial charge in [-0.05, 0) is 31.6 Å². The molecule has 4 N–H and O–H groups in total. The van der Waals surface area contributed by atoms with E-state index in [2.05, 4.69) is 17.6 Å². The van der Waals surface area contributed by atoms with Crippen molar-refractivity contribution in [2.45, 2.75) is 51.6 Å². The number of rotatable bonds is 6. The summed E-state index contributed by atoms with van der Waals surface area (Å²) in [4.78, 5) is 22.3. The van der Waals surface area contributed by atoms with Gasteiger partial charge >= 0.3 is 12.0 Å². The van der Waals surface area contributed by atoms with Gasteiger partial charge < -0.3 is 20.8 Å².